The molecule has 0 aromatic heterocycles. The van der Waals surface area contributed by atoms with Crippen LogP contribution in [0.15, 0.2) is 72.8 Å². The van der Waals surface area contributed by atoms with Gasteiger partial charge in [0.25, 0.3) is 5.91 Å². The highest BCUT2D eigenvalue weighted by Gasteiger charge is 2.26. The van der Waals surface area contributed by atoms with Crippen molar-refractivity contribution in [2.45, 2.75) is 25.1 Å². The maximum Gasteiger partial charge on any atom is 0.251 e. The van der Waals surface area contributed by atoms with Gasteiger partial charge in [0.2, 0.25) is 5.91 Å². The summed E-state index contributed by atoms with van der Waals surface area (Å²) in [6, 6.07) is 23.6. The van der Waals surface area contributed by atoms with Crippen LogP contribution < -0.4 is 16.0 Å². The highest BCUT2D eigenvalue weighted by Crippen LogP contribution is 2.29. The number of hydrogen-bond acceptors (Lipinski definition) is 4. The maximum absolute atomic E-state index is 12.6. The molecule has 2 amide bonds. The van der Waals surface area contributed by atoms with Crippen molar-refractivity contribution in [2.75, 3.05) is 22.9 Å². The van der Waals surface area contributed by atoms with Crippen LogP contribution in [0.5, 0.6) is 0 Å². The van der Waals surface area contributed by atoms with Crippen molar-refractivity contribution in [3.05, 3.63) is 95.1 Å². The van der Waals surface area contributed by atoms with Gasteiger partial charge in [0.15, 0.2) is 0 Å². The Hall–Kier alpha value is -3.25. The van der Waals surface area contributed by atoms with Crippen LogP contribution in [0.1, 0.15) is 27.0 Å². The van der Waals surface area contributed by atoms with Crippen LogP contribution in [0.4, 0.5) is 11.4 Å². The van der Waals surface area contributed by atoms with Gasteiger partial charge in [-0.1, -0.05) is 60.2 Å². The first-order valence-electron chi connectivity index (χ1n) is 10.8. The van der Waals surface area contributed by atoms with E-state index in [1.807, 2.05) is 36.4 Å². The zero-order valence-corrected chi connectivity index (χ0v) is 18.9. The zero-order chi connectivity index (χ0) is 22.3. The smallest absolute Gasteiger partial charge is 0.251 e. The number of carbonyl (C=O) groups is 2. The Kier molecular flexibility index (Phi) is 7.12. The van der Waals surface area contributed by atoms with Crippen molar-refractivity contribution in [3.63, 3.8) is 0 Å². The van der Waals surface area contributed by atoms with Gasteiger partial charge in [0.1, 0.15) is 6.04 Å². The minimum atomic E-state index is -0.302. The SMILES string of the molecule is Cc1ccc(CSCC2Nc3ccc(C(=O)NCCc4ccccc4)cc3NC2=O)cc1. The lowest BCUT2D eigenvalue weighted by Crippen LogP contribution is -2.40. The summed E-state index contributed by atoms with van der Waals surface area (Å²) in [6.45, 7) is 2.63. The van der Waals surface area contributed by atoms with Crippen molar-refractivity contribution in [1.82, 2.24) is 5.32 Å². The highest BCUT2D eigenvalue weighted by molar-refractivity contribution is 7.98. The molecule has 164 valence electrons. The Morgan fingerprint density at radius 1 is 0.969 bits per heavy atom. The predicted octanol–water partition coefficient (Wildman–Crippen LogP) is 4.63. The molecule has 5 nitrogen and oxygen atoms in total. The first-order valence-corrected chi connectivity index (χ1v) is 11.9. The maximum atomic E-state index is 12.6. The molecular formula is C26H27N3O2S. The van der Waals surface area contributed by atoms with Gasteiger partial charge >= 0.3 is 0 Å². The molecule has 0 saturated carbocycles. The first-order chi connectivity index (χ1) is 15.6. The third kappa shape index (κ3) is 5.71. The number of carbonyl (C=O) groups excluding carboxylic acids is 2. The largest absolute Gasteiger partial charge is 0.371 e. The number of fused-ring (bicyclic) bond motifs is 1. The standard InChI is InChI=1S/C26H27N3O2S/c1-18-7-9-20(10-8-18)16-32-17-24-26(31)29-23-15-21(11-12-22(23)28-24)25(30)27-14-13-19-5-3-2-4-6-19/h2-12,15,24,28H,13-14,16-17H2,1H3,(H,27,30)(H,29,31). The first kappa shape index (κ1) is 22.0. The second-order valence-electron chi connectivity index (χ2n) is 7.94. The molecule has 3 aromatic carbocycles. The minimum Gasteiger partial charge on any atom is -0.371 e. The summed E-state index contributed by atoms with van der Waals surface area (Å²) in [6.07, 6.45) is 0.776. The Labute approximate surface area is 193 Å². The summed E-state index contributed by atoms with van der Waals surface area (Å²) < 4.78 is 0. The fourth-order valence-corrected chi connectivity index (χ4v) is 4.57. The second-order valence-corrected chi connectivity index (χ2v) is 8.97. The van der Waals surface area contributed by atoms with E-state index in [0.717, 1.165) is 17.9 Å². The molecule has 32 heavy (non-hydrogen) atoms. The quantitative estimate of drug-likeness (QED) is 0.473. The molecular weight excluding hydrogens is 418 g/mol. The highest BCUT2D eigenvalue weighted by atomic mass is 32.2. The molecule has 0 saturated heterocycles. The molecule has 1 atom stereocenters. The number of nitrogens with one attached hydrogen (secondary N) is 3. The van der Waals surface area contributed by atoms with E-state index in [0.29, 0.717) is 23.5 Å². The van der Waals surface area contributed by atoms with Crippen LogP contribution in [0.2, 0.25) is 0 Å². The fraction of sp³-hybridized carbons (Fsp3) is 0.231. The summed E-state index contributed by atoms with van der Waals surface area (Å²) >= 11 is 1.72. The van der Waals surface area contributed by atoms with Crippen LogP contribution >= 0.6 is 11.8 Å². The van der Waals surface area contributed by atoms with E-state index in [-0.39, 0.29) is 17.9 Å². The predicted molar refractivity (Wildman–Crippen MR) is 132 cm³/mol. The number of hydrogen-bond donors (Lipinski definition) is 3. The van der Waals surface area contributed by atoms with Gasteiger partial charge in [-0.3, -0.25) is 9.59 Å². The van der Waals surface area contributed by atoms with E-state index in [1.165, 1.54) is 16.7 Å². The fourth-order valence-electron chi connectivity index (χ4n) is 3.55. The van der Waals surface area contributed by atoms with Crippen LogP contribution in [-0.4, -0.2) is 30.2 Å². The number of thioether (sulfide) groups is 1. The molecule has 0 radical (unpaired) electrons. The molecule has 3 N–H and O–H groups in total. The summed E-state index contributed by atoms with van der Waals surface area (Å²) in [5.74, 6) is 1.31. The van der Waals surface area contributed by atoms with Gasteiger partial charge in [-0.15, -0.1) is 0 Å². The number of anilines is 2. The van der Waals surface area contributed by atoms with Crippen molar-refractivity contribution < 1.29 is 9.59 Å². The lowest BCUT2D eigenvalue weighted by molar-refractivity contribution is -0.116. The molecule has 4 rings (SSSR count). The van der Waals surface area contributed by atoms with E-state index in [9.17, 15) is 9.59 Å². The lowest BCUT2D eigenvalue weighted by Gasteiger charge is -2.27. The monoisotopic (exact) mass is 445 g/mol. The van der Waals surface area contributed by atoms with Crippen LogP contribution in [0.3, 0.4) is 0 Å². The van der Waals surface area contributed by atoms with E-state index in [2.05, 4.69) is 47.1 Å². The van der Waals surface area contributed by atoms with E-state index in [1.54, 1.807) is 23.9 Å². The average molecular weight is 446 g/mol. The van der Waals surface area contributed by atoms with E-state index >= 15 is 0 Å². The molecule has 0 bridgehead atoms. The topological polar surface area (TPSA) is 70.2 Å². The van der Waals surface area contributed by atoms with Crippen molar-refractivity contribution in [2.24, 2.45) is 0 Å². The number of benzene rings is 3. The molecule has 0 aliphatic carbocycles. The van der Waals surface area contributed by atoms with Crippen molar-refractivity contribution in [1.29, 1.82) is 0 Å². The van der Waals surface area contributed by atoms with Gasteiger partial charge in [-0.2, -0.15) is 11.8 Å². The van der Waals surface area contributed by atoms with E-state index < -0.39 is 0 Å². The summed E-state index contributed by atoms with van der Waals surface area (Å²) in [5.41, 5.74) is 5.69. The normalized spacial score (nSPS) is 14.8. The number of aryl methyl sites for hydroxylation is 1. The van der Waals surface area contributed by atoms with E-state index in [4.69, 9.17) is 0 Å². The third-order valence-corrected chi connectivity index (χ3v) is 6.51. The molecule has 0 fully saturated rings. The molecule has 0 spiro atoms. The zero-order valence-electron chi connectivity index (χ0n) is 18.1. The van der Waals surface area contributed by atoms with Crippen molar-refractivity contribution in [3.8, 4) is 0 Å². The molecule has 3 aromatic rings. The van der Waals surface area contributed by atoms with Crippen LogP contribution in [0, 0.1) is 6.92 Å². The summed E-state index contributed by atoms with van der Waals surface area (Å²) in [4.78, 5) is 25.1. The number of amides is 2. The molecule has 6 heteroatoms. The Morgan fingerprint density at radius 3 is 2.53 bits per heavy atom. The summed E-state index contributed by atoms with van der Waals surface area (Å²) in [7, 11) is 0. The Balaban J connectivity index is 1.29. The van der Waals surface area contributed by atoms with Crippen LogP contribution in [-0.2, 0) is 17.0 Å². The molecule has 1 heterocycles. The van der Waals surface area contributed by atoms with Gasteiger partial charge < -0.3 is 16.0 Å². The molecule has 1 aliphatic rings. The number of rotatable bonds is 8. The van der Waals surface area contributed by atoms with Gasteiger partial charge in [-0.05, 0) is 42.7 Å². The van der Waals surface area contributed by atoms with Crippen LogP contribution in [0.25, 0.3) is 0 Å². The lowest BCUT2D eigenvalue weighted by atomic mass is 10.1. The van der Waals surface area contributed by atoms with Gasteiger partial charge in [0, 0.05) is 23.6 Å². The average Bonchev–Trinajstić information content (AvgIpc) is 2.81. The van der Waals surface area contributed by atoms with Gasteiger partial charge in [-0.25, -0.2) is 0 Å². The second kappa shape index (κ2) is 10.4. The van der Waals surface area contributed by atoms with Gasteiger partial charge in [0.05, 0.1) is 11.4 Å². The molecule has 1 aliphatic heterocycles. The summed E-state index contributed by atoms with van der Waals surface area (Å²) in [5, 5.41) is 9.20. The Morgan fingerprint density at radius 2 is 1.75 bits per heavy atom. The third-order valence-electron chi connectivity index (χ3n) is 5.40. The minimum absolute atomic E-state index is 0.0736. The van der Waals surface area contributed by atoms with Crippen molar-refractivity contribution >= 4 is 35.0 Å². The molecule has 1 unspecified atom stereocenters. The Bertz CT molecular complexity index is 1080.